The molecule has 3 amide bonds. The molecule has 13 heteroatoms. The van der Waals surface area contributed by atoms with Crippen molar-refractivity contribution >= 4 is 17.9 Å². The van der Waals surface area contributed by atoms with Crippen molar-refractivity contribution in [1.82, 2.24) is 39.5 Å². The second-order valence-electron chi connectivity index (χ2n) is 15.3. The highest BCUT2D eigenvalue weighted by Gasteiger charge is 2.40. The molecule has 2 aromatic heterocycles. The number of H-pyrrole nitrogens is 2. The Balaban J connectivity index is 1.11. The van der Waals surface area contributed by atoms with Crippen molar-refractivity contribution in [1.29, 1.82) is 0 Å². The van der Waals surface area contributed by atoms with E-state index in [1.807, 2.05) is 36.9 Å². The second-order valence-corrected chi connectivity index (χ2v) is 15.3. The highest BCUT2D eigenvalue weighted by atomic mass is 16.5. The number of carbonyl (C=O) groups is 3. The van der Waals surface area contributed by atoms with E-state index in [1.54, 1.807) is 18.2 Å². The molecule has 0 radical (unpaired) electrons. The lowest BCUT2D eigenvalue weighted by Crippen LogP contribution is -2.51. The van der Waals surface area contributed by atoms with Crippen LogP contribution in [0.5, 0.6) is 0 Å². The van der Waals surface area contributed by atoms with Crippen molar-refractivity contribution in [3.05, 3.63) is 72.6 Å². The fraction of sp³-hybridized carbons (Fsp3) is 0.488. The molecule has 288 valence electrons. The van der Waals surface area contributed by atoms with Crippen LogP contribution in [-0.4, -0.2) is 116 Å². The van der Waals surface area contributed by atoms with Gasteiger partial charge in [0.15, 0.2) is 0 Å². The molecule has 2 fully saturated rings. The Kier molecular flexibility index (Phi) is 11.9. The lowest BCUT2D eigenvalue weighted by atomic mass is 10.0. The van der Waals surface area contributed by atoms with Crippen LogP contribution in [0.1, 0.15) is 77.1 Å². The first-order valence-electron chi connectivity index (χ1n) is 19.0. The van der Waals surface area contributed by atoms with Gasteiger partial charge in [0.05, 0.1) is 48.6 Å². The van der Waals surface area contributed by atoms with E-state index in [9.17, 15) is 19.5 Å². The number of likely N-dealkylation sites (N-methyl/N-ethyl adjacent to an activating group) is 2. The first-order chi connectivity index (χ1) is 25.9. The maximum Gasteiger partial charge on any atom is 0.407 e. The van der Waals surface area contributed by atoms with Crippen LogP contribution in [0.3, 0.4) is 0 Å². The average Bonchev–Trinajstić information content (AvgIpc) is 3.98. The summed E-state index contributed by atoms with van der Waals surface area (Å²) in [5.74, 6) is 1.43. The molecule has 2 aromatic carbocycles. The number of hydrogen-bond donors (Lipinski definition) is 3. The summed E-state index contributed by atoms with van der Waals surface area (Å²) in [6.07, 6.45) is 5.94. The number of aromatic nitrogens is 4. The van der Waals surface area contributed by atoms with E-state index in [4.69, 9.17) is 9.72 Å². The number of amides is 3. The van der Waals surface area contributed by atoms with Gasteiger partial charge in [0.2, 0.25) is 11.8 Å². The van der Waals surface area contributed by atoms with Crippen LogP contribution in [0.4, 0.5) is 4.79 Å². The summed E-state index contributed by atoms with van der Waals surface area (Å²) >= 11 is 0. The van der Waals surface area contributed by atoms with Gasteiger partial charge in [0, 0.05) is 27.2 Å². The zero-order chi connectivity index (χ0) is 38.7. The summed E-state index contributed by atoms with van der Waals surface area (Å²) in [7, 11) is 5.03. The topological polar surface area (TPSA) is 151 Å². The minimum absolute atomic E-state index is 0.0881. The minimum atomic E-state index is -1.12. The van der Waals surface area contributed by atoms with Gasteiger partial charge in [-0.25, -0.2) is 14.8 Å². The van der Waals surface area contributed by atoms with Gasteiger partial charge in [0.1, 0.15) is 17.7 Å². The van der Waals surface area contributed by atoms with E-state index in [-0.39, 0.29) is 41.8 Å². The van der Waals surface area contributed by atoms with Gasteiger partial charge < -0.3 is 29.6 Å². The number of rotatable bonds is 13. The number of nitrogens with zero attached hydrogens (tertiary/aromatic N) is 6. The Bertz CT molecular complexity index is 1900. The summed E-state index contributed by atoms with van der Waals surface area (Å²) in [5.41, 5.74) is 5.91. The first-order valence-corrected chi connectivity index (χ1v) is 19.0. The van der Waals surface area contributed by atoms with E-state index >= 15 is 0 Å². The summed E-state index contributed by atoms with van der Waals surface area (Å²) in [6.45, 7) is 9.56. The van der Waals surface area contributed by atoms with Crippen molar-refractivity contribution < 1.29 is 24.2 Å². The van der Waals surface area contributed by atoms with Gasteiger partial charge in [-0.2, -0.15) is 0 Å². The Labute approximate surface area is 317 Å². The smallest absolute Gasteiger partial charge is 0.407 e. The molecule has 4 heterocycles. The molecule has 0 spiro atoms. The van der Waals surface area contributed by atoms with Crippen LogP contribution < -0.4 is 0 Å². The molecule has 3 N–H and O–H groups in total. The standard InChI is InChI=1S/C41H54N8O5/c1-25(2)35(46(5)24-54-7)39(50)48-20-8-10-33(48)37-42-22-31(44-37)29-16-12-27(13-17-29)28-14-18-30(19-15-28)32-23-43-38(45-32)34-11-9-21-49(34)40(51)36(26(3)4)47(6)41(52)53/h12-19,22-23,25-26,33-36H,8-11,20-21,24H2,1-7H3,(H,42,44)(H,43,45)(H,52,53)/t33?,34-,35-,36-/m0/s1. The highest BCUT2D eigenvalue weighted by Crippen LogP contribution is 2.35. The highest BCUT2D eigenvalue weighted by molar-refractivity contribution is 5.86. The molecule has 13 nitrogen and oxygen atoms in total. The normalized spacial score (nSPS) is 18.6. The molecule has 6 rings (SSSR count). The molecule has 4 aromatic rings. The number of likely N-dealkylation sites (tertiary alicyclic amines) is 2. The number of hydrogen-bond acceptors (Lipinski definition) is 7. The summed E-state index contributed by atoms with van der Waals surface area (Å²) < 4.78 is 5.33. The molecule has 0 aliphatic carbocycles. The van der Waals surface area contributed by atoms with Crippen LogP contribution in [0, 0.1) is 11.8 Å². The van der Waals surface area contributed by atoms with Gasteiger partial charge in [-0.05, 0) is 66.8 Å². The average molecular weight is 739 g/mol. The van der Waals surface area contributed by atoms with E-state index in [1.165, 1.54) is 7.05 Å². The fourth-order valence-electron chi connectivity index (χ4n) is 8.24. The number of imidazole rings is 2. The number of carbonyl (C=O) groups excluding carboxylic acids is 2. The zero-order valence-corrected chi connectivity index (χ0v) is 32.5. The van der Waals surface area contributed by atoms with Crippen molar-refractivity contribution in [2.45, 2.75) is 77.5 Å². The predicted octanol–water partition coefficient (Wildman–Crippen LogP) is 6.66. The van der Waals surface area contributed by atoms with Crippen molar-refractivity contribution in [3.63, 3.8) is 0 Å². The number of ether oxygens (including phenoxy) is 1. The second kappa shape index (κ2) is 16.6. The molecular formula is C41H54N8O5. The Morgan fingerprint density at radius 3 is 1.54 bits per heavy atom. The fourth-order valence-corrected chi connectivity index (χ4v) is 8.24. The summed E-state index contributed by atoms with van der Waals surface area (Å²) in [4.78, 5) is 62.3. The number of nitrogens with one attached hydrogen (secondary N) is 2. The number of methoxy groups -OCH3 is 1. The van der Waals surface area contributed by atoms with Gasteiger partial charge >= 0.3 is 6.09 Å². The van der Waals surface area contributed by atoms with Crippen LogP contribution in [0.15, 0.2) is 60.9 Å². The lowest BCUT2D eigenvalue weighted by Gasteiger charge is -2.34. The SMILES string of the molecule is COCN(C)[C@H](C(=O)N1CCCC1c1ncc(-c2ccc(-c3ccc(-c4cnc([C@@H]5CCCN5C(=O)[C@H](C(C)C)N(C)C(=O)O)[nH]4)cc3)cc2)[nH]1)C(C)C. The lowest BCUT2D eigenvalue weighted by molar-refractivity contribution is -0.141. The Morgan fingerprint density at radius 2 is 1.15 bits per heavy atom. The number of carboxylic acid groups (broad SMARTS) is 1. The molecule has 2 aliphatic rings. The zero-order valence-electron chi connectivity index (χ0n) is 32.5. The van der Waals surface area contributed by atoms with Crippen molar-refractivity contribution in [2.75, 3.05) is 41.0 Å². The van der Waals surface area contributed by atoms with Crippen molar-refractivity contribution in [2.24, 2.45) is 11.8 Å². The van der Waals surface area contributed by atoms with E-state index in [2.05, 4.69) is 77.3 Å². The van der Waals surface area contributed by atoms with Crippen LogP contribution in [0.25, 0.3) is 33.6 Å². The third-order valence-corrected chi connectivity index (χ3v) is 10.9. The summed E-state index contributed by atoms with van der Waals surface area (Å²) in [5, 5.41) is 9.58. The van der Waals surface area contributed by atoms with Crippen LogP contribution >= 0.6 is 0 Å². The van der Waals surface area contributed by atoms with Crippen LogP contribution in [-0.2, 0) is 14.3 Å². The number of aromatic amines is 2. The largest absolute Gasteiger partial charge is 0.465 e. The quantitative estimate of drug-likeness (QED) is 0.129. The molecule has 0 bridgehead atoms. The predicted molar refractivity (Wildman–Crippen MR) is 207 cm³/mol. The third kappa shape index (κ3) is 7.92. The monoisotopic (exact) mass is 738 g/mol. The van der Waals surface area contributed by atoms with Crippen LogP contribution in [0.2, 0.25) is 0 Å². The number of benzene rings is 2. The Hall–Kier alpha value is -5.01. The molecular weight excluding hydrogens is 685 g/mol. The van der Waals surface area contributed by atoms with E-state index in [0.29, 0.717) is 25.6 Å². The maximum atomic E-state index is 13.8. The minimum Gasteiger partial charge on any atom is -0.465 e. The first kappa shape index (κ1) is 38.7. The molecule has 2 aliphatic heterocycles. The van der Waals surface area contributed by atoms with Gasteiger partial charge in [-0.1, -0.05) is 76.2 Å². The van der Waals surface area contributed by atoms with E-state index < -0.39 is 12.1 Å². The van der Waals surface area contributed by atoms with Gasteiger partial charge in [-0.15, -0.1) is 0 Å². The summed E-state index contributed by atoms with van der Waals surface area (Å²) in [6, 6.07) is 15.3. The van der Waals surface area contributed by atoms with Crippen molar-refractivity contribution in [3.8, 4) is 33.6 Å². The van der Waals surface area contributed by atoms with Gasteiger partial charge in [-0.3, -0.25) is 19.4 Å². The molecule has 2 saturated heterocycles. The molecule has 4 atom stereocenters. The molecule has 1 unspecified atom stereocenters. The van der Waals surface area contributed by atoms with Gasteiger partial charge in [0.25, 0.3) is 0 Å². The third-order valence-electron chi connectivity index (χ3n) is 10.9. The Morgan fingerprint density at radius 1 is 0.741 bits per heavy atom. The molecule has 54 heavy (non-hydrogen) atoms. The molecule has 0 saturated carbocycles. The maximum absolute atomic E-state index is 13.8. The van der Waals surface area contributed by atoms with E-state index in [0.717, 1.165) is 70.0 Å².